The Morgan fingerprint density at radius 3 is 2.65 bits per heavy atom. The van der Waals surface area contributed by atoms with E-state index in [0.29, 0.717) is 0 Å². The van der Waals surface area contributed by atoms with Gasteiger partial charge in [-0.15, -0.1) is 0 Å². The van der Waals surface area contributed by atoms with Gasteiger partial charge in [0.15, 0.2) is 0 Å². The summed E-state index contributed by atoms with van der Waals surface area (Å²) in [5.74, 6) is 0.789. The van der Waals surface area contributed by atoms with E-state index in [1.54, 1.807) is 7.11 Å². The number of benzene rings is 1. The van der Waals surface area contributed by atoms with Crippen molar-refractivity contribution >= 4 is 11.6 Å². The first-order valence-corrected chi connectivity index (χ1v) is 7.25. The normalized spacial score (nSPS) is 22.4. The fraction of sp³-hybridized carbons (Fsp3) is 0.562. The molecule has 0 heterocycles. The predicted octanol–water partition coefficient (Wildman–Crippen LogP) is 2.77. The predicted molar refractivity (Wildman–Crippen MR) is 81.0 cm³/mol. The zero-order chi connectivity index (χ0) is 14.7. The second kappa shape index (κ2) is 6.27. The van der Waals surface area contributed by atoms with Gasteiger partial charge < -0.3 is 15.8 Å². The first-order valence-electron chi connectivity index (χ1n) is 7.25. The van der Waals surface area contributed by atoms with Gasteiger partial charge in [-0.05, 0) is 38.3 Å². The molecule has 1 amide bonds. The van der Waals surface area contributed by atoms with E-state index < -0.39 is 0 Å². The monoisotopic (exact) mass is 276 g/mol. The number of ether oxygens (including phenoxy) is 1. The molecule has 1 aromatic rings. The van der Waals surface area contributed by atoms with Crippen LogP contribution in [0.15, 0.2) is 12.1 Å². The second-order valence-electron chi connectivity index (χ2n) is 5.63. The second-order valence-corrected chi connectivity index (χ2v) is 5.63. The highest BCUT2D eigenvalue weighted by Crippen LogP contribution is 2.30. The molecule has 0 aliphatic heterocycles. The Morgan fingerprint density at radius 2 is 2.00 bits per heavy atom. The van der Waals surface area contributed by atoms with Gasteiger partial charge in [0, 0.05) is 17.3 Å². The molecule has 2 atom stereocenters. The molecule has 1 aromatic carbocycles. The van der Waals surface area contributed by atoms with E-state index >= 15 is 0 Å². The number of carbonyl (C=O) groups is 1. The molecule has 3 N–H and O–H groups in total. The van der Waals surface area contributed by atoms with Crippen molar-refractivity contribution < 1.29 is 9.53 Å². The van der Waals surface area contributed by atoms with Crippen LogP contribution in [0.1, 0.15) is 36.8 Å². The first kappa shape index (κ1) is 14.9. The van der Waals surface area contributed by atoms with Gasteiger partial charge in [-0.2, -0.15) is 0 Å². The minimum Gasteiger partial charge on any atom is -0.496 e. The van der Waals surface area contributed by atoms with Gasteiger partial charge in [-0.1, -0.05) is 18.9 Å². The van der Waals surface area contributed by atoms with Crippen LogP contribution >= 0.6 is 0 Å². The van der Waals surface area contributed by atoms with Crippen LogP contribution in [0.4, 0.5) is 5.69 Å². The SMILES string of the molecule is COc1c(C)ccc(NC(=O)C2CCCCC2N)c1C. The minimum absolute atomic E-state index is 0.0172. The molecular formula is C16H24N2O2. The summed E-state index contributed by atoms with van der Waals surface area (Å²) in [5.41, 5.74) is 8.91. The highest BCUT2D eigenvalue weighted by molar-refractivity contribution is 5.94. The average molecular weight is 276 g/mol. The minimum atomic E-state index is -0.0737. The van der Waals surface area contributed by atoms with Crippen LogP contribution in [0.2, 0.25) is 0 Å². The largest absolute Gasteiger partial charge is 0.496 e. The summed E-state index contributed by atoms with van der Waals surface area (Å²) in [7, 11) is 1.65. The smallest absolute Gasteiger partial charge is 0.229 e. The molecular weight excluding hydrogens is 252 g/mol. The number of hydrogen-bond donors (Lipinski definition) is 2. The van der Waals surface area contributed by atoms with Crippen LogP contribution in [0.25, 0.3) is 0 Å². The third-order valence-electron chi connectivity index (χ3n) is 4.22. The molecule has 4 heteroatoms. The topological polar surface area (TPSA) is 64.3 Å². The van der Waals surface area contributed by atoms with Crippen LogP contribution in [0.3, 0.4) is 0 Å². The zero-order valence-corrected chi connectivity index (χ0v) is 12.5. The van der Waals surface area contributed by atoms with Crippen molar-refractivity contribution in [2.75, 3.05) is 12.4 Å². The lowest BCUT2D eigenvalue weighted by atomic mass is 9.84. The fourth-order valence-corrected chi connectivity index (χ4v) is 2.99. The molecule has 4 nitrogen and oxygen atoms in total. The summed E-state index contributed by atoms with van der Waals surface area (Å²) in [5, 5.41) is 3.01. The van der Waals surface area contributed by atoms with Crippen LogP contribution in [0, 0.1) is 19.8 Å². The number of nitrogens with one attached hydrogen (secondary N) is 1. The zero-order valence-electron chi connectivity index (χ0n) is 12.5. The fourth-order valence-electron chi connectivity index (χ4n) is 2.99. The van der Waals surface area contributed by atoms with Crippen molar-refractivity contribution in [3.8, 4) is 5.75 Å². The molecule has 20 heavy (non-hydrogen) atoms. The van der Waals surface area contributed by atoms with Gasteiger partial charge in [0.25, 0.3) is 0 Å². The number of methoxy groups -OCH3 is 1. The third kappa shape index (κ3) is 2.96. The van der Waals surface area contributed by atoms with Gasteiger partial charge in [0.05, 0.1) is 13.0 Å². The lowest BCUT2D eigenvalue weighted by molar-refractivity contribution is -0.121. The van der Waals surface area contributed by atoms with Crippen LogP contribution < -0.4 is 15.8 Å². The maximum absolute atomic E-state index is 12.4. The lowest BCUT2D eigenvalue weighted by Gasteiger charge is -2.27. The van der Waals surface area contributed by atoms with E-state index in [1.165, 1.54) is 0 Å². The van der Waals surface area contributed by atoms with Crippen molar-refractivity contribution in [1.29, 1.82) is 0 Å². The molecule has 1 saturated carbocycles. The average Bonchev–Trinajstić information content (AvgIpc) is 2.43. The quantitative estimate of drug-likeness (QED) is 0.892. The maximum Gasteiger partial charge on any atom is 0.229 e. The molecule has 0 saturated heterocycles. The summed E-state index contributed by atoms with van der Waals surface area (Å²) < 4.78 is 5.39. The standard InChI is InChI=1S/C16H24N2O2/c1-10-8-9-14(11(2)15(10)20-3)18-16(19)12-6-4-5-7-13(12)17/h8-9,12-13H,4-7,17H2,1-3H3,(H,18,19). The van der Waals surface area contributed by atoms with E-state index in [9.17, 15) is 4.79 Å². The van der Waals surface area contributed by atoms with Crippen molar-refractivity contribution in [2.45, 2.75) is 45.6 Å². The Morgan fingerprint density at radius 1 is 1.30 bits per heavy atom. The Kier molecular flexibility index (Phi) is 4.65. The number of anilines is 1. The van der Waals surface area contributed by atoms with E-state index in [1.807, 2.05) is 26.0 Å². The molecule has 110 valence electrons. The molecule has 1 fully saturated rings. The summed E-state index contributed by atoms with van der Waals surface area (Å²) in [4.78, 5) is 12.4. The molecule has 0 aromatic heterocycles. The van der Waals surface area contributed by atoms with Crippen LogP contribution in [0.5, 0.6) is 5.75 Å². The Balaban J connectivity index is 2.15. The van der Waals surface area contributed by atoms with Crippen molar-refractivity contribution in [2.24, 2.45) is 11.7 Å². The number of amides is 1. The molecule has 0 spiro atoms. The summed E-state index contributed by atoms with van der Waals surface area (Å²) in [6.07, 6.45) is 4.04. The van der Waals surface area contributed by atoms with Gasteiger partial charge in [-0.3, -0.25) is 4.79 Å². The third-order valence-corrected chi connectivity index (χ3v) is 4.22. The summed E-state index contributed by atoms with van der Waals surface area (Å²) >= 11 is 0. The summed E-state index contributed by atoms with van der Waals surface area (Å²) in [6.45, 7) is 3.96. The van der Waals surface area contributed by atoms with E-state index in [-0.39, 0.29) is 17.9 Å². The highest BCUT2D eigenvalue weighted by atomic mass is 16.5. The van der Waals surface area contributed by atoms with Gasteiger partial charge >= 0.3 is 0 Å². The Bertz CT molecular complexity index is 499. The van der Waals surface area contributed by atoms with E-state index in [0.717, 1.165) is 48.2 Å². The number of hydrogen-bond acceptors (Lipinski definition) is 3. The van der Waals surface area contributed by atoms with E-state index in [4.69, 9.17) is 10.5 Å². The number of nitrogens with two attached hydrogens (primary N) is 1. The van der Waals surface area contributed by atoms with Gasteiger partial charge in [0.2, 0.25) is 5.91 Å². The maximum atomic E-state index is 12.4. The van der Waals surface area contributed by atoms with Crippen molar-refractivity contribution in [1.82, 2.24) is 0 Å². The molecule has 0 bridgehead atoms. The van der Waals surface area contributed by atoms with Crippen LogP contribution in [-0.4, -0.2) is 19.1 Å². The van der Waals surface area contributed by atoms with Crippen molar-refractivity contribution in [3.63, 3.8) is 0 Å². The van der Waals surface area contributed by atoms with Gasteiger partial charge in [0.1, 0.15) is 5.75 Å². The molecule has 2 unspecified atom stereocenters. The molecule has 2 rings (SSSR count). The number of aryl methyl sites for hydroxylation is 1. The number of rotatable bonds is 3. The Hall–Kier alpha value is -1.55. The summed E-state index contributed by atoms with van der Waals surface area (Å²) in [6, 6.07) is 3.87. The van der Waals surface area contributed by atoms with Crippen LogP contribution in [-0.2, 0) is 4.79 Å². The number of carbonyl (C=O) groups excluding carboxylic acids is 1. The molecule has 1 aliphatic rings. The van der Waals surface area contributed by atoms with Gasteiger partial charge in [-0.25, -0.2) is 0 Å². The molecule has 0 radical (unpaired) electrons. The highest BCUT2D eigenvalue weighted by Gasteiger charge is 2.28. The molecule has 1 aliphatic carbocycles. The lowest BCUT2D eigenvalue weighted by Crippen LogP contribution is -2.40. The first-order chi connectivity index (χ1) is 9.54. The Labute approximate surface area is 120 Å². The van der Waals surface area contributed by atoms with E-state index in [2.05, 4.69) is 5.32 Å². The van der Waals surface area contributed by atoms with Crippen molar-refractivity contribution in [3.05, 3.63) is 23.3 Å².